The minimum absolute atomic E-state index is 0.0335. The highest BCUT2D eigenvalue weighted by atomic mass is 16.5. The molecule has 1 aromatic carbocycles. The Morgan fingerprint density at radius 2 is 1.71 bits per heavy atom. The van der Waals surface area contributed by atoms with Crippen LogP contribution in [-0.4, -0.2) is 80.0 Å². The molecule has 0 radical (unpaired) electrons. The number of hydrogen-bond acceptors (Lipinski definition) is 5. The minimum Gasteiger partial charge on any atom is -0.379 e. The van der Waals surface area contributed by atoms with Crippen LogP contribution in [0, 0.1) is 0 Å². The molecule has 2 aliphatic rings. The van der Waals surface area contributed by atoms with Gasteiger partial charge in [-0.3, -0.25) is 14.5 Å². The van der Waals surface area contributed by atoms with Gasteiger partial charge in [0.25, 0.3) is 0 Å². The van der Waals surface area contributed by atoms with Crippen LogP contribution in [-0.2, 0) is 9.53 Å². The lowest BCUT2D eigenvalue weighted by molar-refractivity contribution is -0.122. The quantitative estimate of drug-likeness (QED) is 0.691. The molecule has 2 fully saturated rings. The number of rotatable bonds is 8. The Hall–Kier alpha value is -1.76. The van der Waals surface area contributed by atoms with Gasteiger partial charge < -0.3 is 15.0 Å². The molecule has 0 bridgehead atoms. The van der Waals surface area contributed by atoms with E-state index in [1.54, 1.807) is 0 Å². The number of piperidine rings is 1. The van der Waals surface area contributed by atoms with Gasteiger partial charge in [-0.25, -0.2) is 0 Å². The van der Waals surface area contributed by atoms with Gasteiger partial charge in [-0.1, -0.05) is 30.3 Å². The SMILES string of the molecule is CN1CCC(CNC(=O)CCCC(=O)c2ccccc2)(N2CCOCC2)CC1. The number of carbonyl (C=O) groups excluding carboxylic acids is 2. The molecule has 0 unspecified atom stereocenters. The molecule has 6 nitrogen and oxygen atoms in total. The normalized spacial score (nSPS) is 20.6. The molecule has 1 N–H and O–H groups in total. The summed E-state index contributed by atoms with van der Waals surface area (Å²) in [5, 5.41) is 3.17. The van der Waals surface area contributed by atoms with Crippen LogP contribution in [0.1, 0.15) is 42.5 Å². The lowest BCUT2D eigenvalue weighted by Gasteiger charge is -2.49. The van der Waals surface area contributed by atoms with Gasteiger partial charge in [0.15, 0.2) is 5.78 Å². The smallest absolute Gasteiger partial charge is 0.220 e. The summed E-state index contributed by atoms with van der Waals surface area (Å²) < 4.78 is 5.52. The van der Waals surface area contributed by atoms with E-state index >= 15 is 0 Å². The summed E-state index contributed by atoms with van der Waals surface area (Å²) in [5.74, 6) is 0.154. The lowest BCUT2D eigenvalue weighted by Crippen LogP contribution is -2.62. The standard InChI is InChI=1S/C22H33N3O3/c1-24-12-10-22(11-13-24,25-14-16-28-17-15-25)18-23-21(27)9-5-8-20(26)19-6-3-2-4-7-19/h2-4,6-7H,5,8-18H2,1H3,(H,23,27). The van der Waals surface area contributed by atoms with Crippen LogP contribution in [0.15, 0.2) is 30.3 Å². The highest BCUT2D eigenvalue weighted by molar-refractivity contribution is 5.96. The van der Waals surface area contributed by atoms with Crippen molar-refractivity contribution in [1.29, 1.82) is 0 Å². The Morgan fingerprint density at radius 3 is 2.39 bits per heavy atom. The van der Waals surface area contributed by atoms with Crippen LogP contribution in [0.4, 0.5) is 0 Å². The maximum absolute atomic E-state index is 12.4. The van der Waals surface area contributed by atoms with Crippen molar-refractivity contribution in [1.82, 2.24) is 15.1 Å². The number of nitrogens with zero attached hydrogens (tertiary/aromatic N) is 2. The number of benzene rings is 1. The first-order chi connectivity index (χ1) is 13.6. The number of ketones is 1. The summed E-state index contributed by atoms with van der Waals surface area (Å²) in [6.45, 7) is 6.21. The van der Waals surface area contributed by atoms with Crippen molar-refractivity contribution >= 4 is 11.7 Å². The third kappa shape index (κ3) is 5.63. The van der Waals surface area contributed by atoms with Crippen molar-refractivity contribution < 1.29 is 14.3 Å². The molecular formula is C22H33N3O3. The topological polar surface area (TPSA) is 61.9 Å². The van der Waals surface area contributed by atoms with Gasteiger partial charge >= 0.3 is 0 Å². The molecule has 0 saturated carbocycles. The van der Waals surface area contributed by atoms with Crippen LogP contribution in [0.25, 0.3) is 0 Å². The van der Waals surface area contributed by atoms with E-state index < -0.39 is 0 Å². The fourth-order valence-electron chi connectivity index (χ4n) is 4.21. The van der Waals surface area contributed by atoms with Gasteiger partial charge in [-0.2, -0.15) is 0 Å². The largest absolute Gasteiger partial charge is 0.379 e. The van der Waals surface area contributed by atoms with E-state index in [1.807, 2.05) is 30.3 Å². The summed E-state index contributed by atoms with van der Waals surface area (Å²) >= 11 is 0. The molecule has 0 atom stereocenters. The van der Waals surface area contributed by atoms with Gasteiger partial charge in [0.2, 0.25) is 5.91 Å². The number of amides is 1. The van der Waals surface area contributed by atoms with E-state index in [4.69, 9.17) is 4.74 Å². The molecule has 1 amide bonds. The van der Waals surface area contributed by atoms with Crippen molar-refractivity contribution in [2.75, 3.05) is 53.0 Å². The van der Waals surface area contributed by atoms with Crippen LogP contribution >= 0.6 is 0 Å². The predicted octanol–water partition coefficient (Wildman–Crippen LogP) is 1.95. The number of carbonyl (C=O) groups is 2. The highest BCUT2D eigenvalue weighted by Gasteiger charge is 2.39. The van der Waals surface area contributed by atoms with Crippen LogP contribution < -0.4 is 5.32 Å². The molecular weight excluding hydrogens is 354 g/mol. The zero-order valence-electron chi connectivity index (χ0n) is 17.0. The number of ether oxygens (including phenoxy) is 1. The maximum atomic E-state index is 12.4. The Labute approximate surface area is 168 Å². The van der Waals surface area contributed by atoms with Crippen molar-refractivity contribution in [2.24, 2.45) is 0 Å². The Bertz CT molecular complexity index is 636. The molecule has 28 heavy (non-hydrogen) atoms. The average Bonchev–Trinajstić information content (AvgIpc) is 2.75. The van der Waals surface area contributed by atoms with Gasteiger partial charge in [-0.05, 0) is 39.4 Å². The summed E-state index contributed by atoms with van der Waals surface area (Å²) in [5.41, 5.74) is 0.756. The molecule has 154 valence electrons. The summed E-state index contributed by atoms with van der Waals surface area (Å²) in [7, 11) is 2.16. The molecule has 2 saturated heterocycles. The van der Waals surface area contributed by atoms with Crippen LogP contribution in [0.2, 0.25) is 0 Å². The average molecular weight is 388 g/mol. The van der Waals surface area contributed by atoms with Crippen molar-refractivity contribution in [3.63, 3.8) is 0 Å². The first kappa shape index (κ1) is 21.0. The molecule has 0 aliphatic carbocycles. The van der Waals surface area contributed by atoms with Gasteiger partial charge in [-0.15, -0.1) is 0 Å². The van der Waals surface area contributed by atoms with E-state index in [-0.39, 0.29) is 17.2 Å². The van der Waals surface area contributed by atoms with E-state index in [0.29, 0.717) is 25.8 Å². The second-order valence-corrected chi connectivity index (χ2v) is 8.05. The molecule has 3 rings (SSSR count). The van der Waals surface area contributed by atoms with E-state index in [0.717, 1.165) is 57.8 Å². The maximum Gasteiger partial charge on any atom is 0.220 e. The third-order valence-corrected chi connectivity index (χ3v) is 6.12. The fourth-order valence-corrected chi connectivity index (χ4v) is 4.21. The zero-order valence-corrected chi connectivity index (χ0v) is 17.0. The van der Waals surface area contributed by atoms with Crippen molar-refractivity contribution in [2.45, 2.75) is 37.6 Å². The van der Waals surface area contributed by atoms with E-state index in [2.05, 4.69) is 22.2 Å². The second-order valence-electron chi connectivity index (χ2n) is 8.05. The Kier molecular flexibility index (Phi) is 7.59. The Morgan fingerprint density at radius 1 is 1.04 bits per heavy atom. The number of Topliss-reactive ketones (excluding diaryl/α,β-unsaturated/α-hetero) is 1. The van der Waals surface area contributed by atoms with Crippen LogP contribution in [0.5, 0.6) is 0 Å². The minimum atomic E-state index is 0.0335. The zero-order chi connectivity index (χ0) is 19.8. The summed E-state index contributed by atoms with van der Waals surface area (Å²) in [6.07, 6.45) is 3.54. The first-order valence-corrected chi connectivity index (χ1v) is 10.5. The molecule has 2 heterocycles. The molecule has 1 aromatic rings. The fraction of sp³-hybridized carbons (Fsp3) is 0.636. The van der Waals surface area contributed by atoms with E-state index in [9.17, 15) is 9.59 Å². The highest BCUT2D eigenvalue weighted by Crippen LogP contribution is 2.29. The number of nitrogens with one attached hydrogen (secondary N) is 1. The Balaban J connectivity index is 1.46. The van der Waals surface area contributed by atoms with E-state index in [1.165, 1.54) is 0 Å². The first-order valence-electron chi connectivity index (χ1n) is 10.5. The van der Waals surface area contributed by atoms with Gasteiger partial charge in [0.05, 0.1) is 13.2 Å². The van der Waals surface area contributed by atoms with Gasteiger partial charge in [0, 0.05) is 43.6 Å². The molecule has 0 spiro atoms. The number of likely N-dealkylation sites (tertiary alicyclic amines) is 1. The second kappa shape index (κ2) is 10.1. The molecule has 6 heteroatoms. The van der Waals surface area contributed by atoms with Crippen molar-refractivity contribution in [3.05, 3.63) is 35.9 Å². The lowest BCUT2D eigenvalue weighted by atomic mass is 9.85. The van der Waals surface area contributed by atoms with Crippen LogP contribution in [0.3, 0.4) is 0 Å². The summed E-state index contributed by atoms with van der Waals surface area (Å²) in [6, 6.07) is 9.29. The number of hydrogen-bond donors (Lipinski definition) is 1. The number of morpholine rings is 1. The predicted molar refractivity (Wildman–Crippen MR) is 109 cm³/mol. The molecule has 0 aromatic heterocycles. The van der Waals surface area contributed by atoms with Crippen molar-refractivity contribution in [3.8, 4) is 0 Å². The monoisotopic (exact) mass is 387 g/mol. The molecule has 2 aliphatic heterocycles. The van der Waals surface area contributed by atoms with Gasteiger partial charge in [0.1, 0.15) is 0 Å². The summed E-state index contributed by atoms with van der Waals surface area (Å²) in [4.78, 5) is 29.5. The third-order valence-electron chi connectivity index (χ3n) is 6.12.